The first-order chi connectivity index (χ1) is 11.9. The second-order valence-electron chi connectivity index (χ2n) is 7.18. The predicted molar refractivity (Wildman–Crippen MR) is 106 cm³/mol. The van der Waals surface area contributed by atoms with Crippen LogP contribution in [-0.4, -0.2) is 32.5 Å². The standard InChI is InChI=1S/C20H34N4O/c1-6-7-8-13-20(2,3)15-24-19(22-5)23-14-16-9-11-17(12-10-16)18(25)21-4/h9-12H,6-8,13-15H2,1-5H3,(H,21,25)(H2,22,23,24). The maximum Gasteiger partial charge on any atom is 0.251 e. The molecule has 0 bridgehead atoms. The Morgan fingerprint density at radius 2 is 1.80 bits per heavy atom. The molecule has 140 valence electrons. The third kappa shape index (κ3) is 8.05. The van der Waals surface area contributed by atoms with Gasteiger partial charge in [-0.25, -0.2) is 0 Å². The highest BCUT2D eigenvalue weighted by molar-refractivity contribution is 5.93. The molecule has 1 amide bonds. The van der Waals surface area contributed by atoms with Gasteiger partial charge in [-0.1, -0.05) is 52.2 Å². The summed E-state index contributed by atoms with van der Waals surface area (Å²) in [7, 11) is 3.42. The highest BCUT2D eigenvalue weighted by atomic mass is 16.1. The number of benzene rings is 1. The molecule has 0 spiro atoms. The molecule has 0 aliphatic carbocycles. The number of hydrogen-bond donors (Lipinski definition) is 3. The Morgan fingerprint density at radius 1 is 1.12 bits per heavy atom. The number of rotatable bonds is 9. The predicted octanol–water partition coefficient (Wildman–Crippen LogP) is 3.32. The number of nitrogens with zero attached hydrogens (tertiary/aromatic N) is 1. The molecular weight excluding hydrogens is 312 g/mol. The summed E-state index contributed by atoms with van der Waals surface area (Å²) in [5.41, 5.74) is 2.03. The van der Waals surface area contributed by atoms with E-state index in [2.05, 4.69) is 41.7 Å². The molecule has 0 saturated heterocycles. The summed E-state index contributed by atoms with van der Waals surface area (Å²) in [5, 5.41) is 9.37. The van der Waals surface area contributed by atoms with Gasteiger partial charge in [0, 0.05) is 32.7 Å². The molecule has 0 aliphatic heterocycles. The Bertz CT molecular complexity index is 549. The Labute approximate surface area is 152 Å². The molecule has 0 fully saturated rings. The van der Waals surface area contributed by atoms with E-state index < -0.39 is 0 Å². The molecular formula is C20H34N4O. The van der Waals surface area contributed by atoms with Gasteiger partial charge in [-0.15, -0.1) is 0 Å². The molecule has 25 heavy (non-hydrogen) atoms. The lowest BCUT2D eigenvalue weighted by Gasteiger charge is -2.26. The fourth-order valence-corrected chi connectivity index (χ4v) is 2.59. The van der Waals surface area contributed by atoms with Crippen molar-refractivity contribution in [3.63, 3.8) is 0 Å². The van der Waals surface area contributed by atoms with Crippen LogP contribution in [0.3, 0.4) is 0 Å². The number of nitrogens with one attached hydrogen (secondary N) is 3. The number of unbranched alkanes of at least 4 members (excludes halogenated alkanes) is 2. The molecule has 1 aromatic rings. The molecule has 5 heteroatoms. The summed E-state index contributed by atoms with van der Waals surface area (Å²) < 4.78 is 0. The van der Waals surface area contributed by atoms with Crippen LogP contribution < -0.4 is 16.0 Å². The topological polar surface area (TPSA) is 65.5 Å². The SMILES string of the molecule is CCCCCC(C)(C)CNC(=NC)NCc1ccc(C(=O)NC)cc1. The molecule has 0 aliphatic rings. The Balaban J connectivity index is 2.45. The van der Waals surface area contributed by atoms with Gasteiger partial charge < -0.3 is 16.0 Å². The average Bonchev–Trinajstić information content (AvgIpc) is 2.61. The maximum atomic E-state index is 11.6. The van der Waals surface area contributed by atoms with Crippen molar-refractivity contribution in [1.82, 2.24) is 16.0 Å². The molecule has 1 rings (SSSR count). The minimum Gasteiger partial charge on any atom is -0.356 e. The zero-order valence-electron chi connectivity index (χ0n) is 16.4. The number of guanidine groups is 1. The number of carbonyl (C=O) groups is 1. The summed E-state index contributed by atoms with van der Waals surface area (Å²) in [6.07, 6.45) is 5.04. The molecule has 0 aromatic heterocycles. The number of aliphatic imine (C=N–C) groups is 1. The first-order valence-corrected chi connectivity index (χ1v) is 9.17. The summed E-state index contributed by atoms with van der Waals surface area (Å²) in [4.78, 5) is 15.8. The van der Waals surface area contributed by atoms with E-state index in [1.807, 2.05) is 24.3 Å². The average molecular weight is 347 g/mol. The third-order valence-corrected chi connectivity index (χ3v) is 4.32. The number of hydrogen-bond acceptors (Lipinski definition) is 2. The van der Waals surface area contributed by atoms with E-state index in [0.717, 1.165) is 18.1 Å². The summed E-state index contributed by atoms with van der Waals surface area (Å²) in [5.74, 6) is 0.737. The van der Waals surface area contributed by atoms with E-state index in [1.165, 1.54) is 25.7 Å². The Kier molecular flexibility index (Phi) is 9.03. The van der Waals surface area contributed by atoms with Gasteiger partial charge in [0.2, 0.25) is 0 Å². The molecule has 0 atom stereocenters. The second kappa shape index (κ2) is 10.7. The van der Waals surface area contributed by atoms with E-state index in [9.17, 15) is 4.79 Å². The summed E-state index contributed by atoms with van der Waals surface area (Å²) >= 11 is 0. The van der Waals surface area contributed by atoms with Gasteiger partial charge >= 0.3 is 0 Å². The van der Waals surface area contributed by atoms with Gasteiger partial charge in [-0.05, 0) is 29.5 Å². The largest absolute Gasteiger partial charge is 0.356 e. The van der Waals surface area contributed by atoms with Gasteiger partial charge in [0.05, 0.1) is 0 Å². The summed E-state index contributed by atoms with van der Waals surface area (Å²) in [6, 6.07) is 7.59. The lowest BCUT2D eigenvalue weighted by atomic mass is 9.87. The van der Waals surface area contributed by atoms with Gasteiger partial charge in [-0.3, -0.25) is 9.79 Å². The third-order valence-electron chi connectivity index (χ3n) is 4.32. The van der Waals surface area contributed by atoms with Crippen molar-refractivity contribution in [3.8, 4) is 0 Å². The quantitative estimate of drug-likeness (QED) is 0.365. The fourth-order valence-electron chi connectivity index (χ4n) is 2.59. The van der Waals surface area contributed by atoms with Crippen molar-refractivity contribution in [2.75, 3.05) is 20.6 Å². The second-order valence-corrected chi connectivity index (χ2v) is 7.18. The zero-order chi connectivity index (χ0) is 18.7. The molecule has 1 aromatic carbocycles. The number of amides is 1. The van der Waals surface area contributed by atoms with E-state index >= 15 is 0 Å². The van der Waals surface area contributed by atoms with Crippen molar-refractivity contribution in [3.05, 3.63) is 35.4 Å². The molecule has 0 saturated carbocycles. The molecule has 0 unspecified atom stereocenters. The van der Waals surface area contributed by atoms with Crippen molar-refractivity contribution in [1.29, 1.82) is 0 Å². The Morgan fingerprint density at radius 3 is 2.36 bits per heavy atom. The van der Waals surface area contributed by atoms with Crippen LogP contribution in [-0.2, 0) is 6.54 Å². The van der Waals surface area contributed by atoms with Crippen LogP contribution in [0.1, 0.15) is 62.4 Å². The molecule has 0 radical (unpaired) electrons. The van der Waals surface area contributed by atoms with Crippen molar-refractivity contribution < 1.29 is 4.79 Å². The van der Waals surface area contributed by atoms with E-state index in [1.54, 1.807) is 14.1 Å². The first kappa shape index (κ1) is 21.0. The van der Waals surface area contributed by atoms with Crippen LogP contribution in [0.25, 0.3) is 0 Å². The summed E-state index contributed by atoms with van der Waals surface area (Å²) in [6.45, 7) is 8.38. The van der Waals surface area contributed by atoms with Crippen molar-refractivity contribution in [2.24, 2.45) is 10.4 Å². The highest BCUT2D eigenvalue weighted by Gasteiger charge is 2.17. The lowest BCUT2D eigenvalue weighted by molar-refractivity contribution is 0.0963. The van der Waals surface area contributed by atoms with Crippen LogP contribution in [0.4, 0.5) is 0 Å². The minimum absolute atomic E-state index is 0.0673. The van der Waals surface area contributed by atoms with E-state index in [4.69, 9.17) is 0 Å². The molecule has 5 nitrogen and oxygen atoms in total. The number of carbonyl (C=O) groups excluding carboxylic acids is 1. The van der Waals surface area contributed by atoms with Gasteiger partial charge in [0.1, 0.15) is 0 Å². The van der Waals surface area contributed by atoms with Crippen LogP contribution in [0.2, 0.25) is 0 Å². The first-order valence-electron chi connectivity index (χ1n) is 9.17. The maximum absolute atomic E-state index is 11.6. The van der Waals surface area contributed by atoms with Crippen LogP contribution in [0, 0.1) is 5.41 Å². The normalized spacial score (nSPS) is 12.0. The van der Waals surface area contributed by atoms with Crippen LogP contribution in [0.5, 0.6) is 0 Å². The lowest BCUT2D eigenvalue weighted by Crippen LogP contribution is -2.41. The van der Waals surface area contributed by atoms with Crippen LogP contribution in [0.15, 0.2) is 29.3 Å². The smallest absolute Gasteiger partial charge is 0.251 e. The van der Waals surface area contributed by atoms with Gasteiger partial charge in [0.25, 0.3) is 5.91 Å². The van der Waals surface area contributed by atoms with Gasteiger partial charge in [-0.2, -0.15) is 0 Å². The molecule has 3 N–H and O–H groups in total. The van der Waals surface area contributed by atoms with E-state index in [0.29, 0.717) is 12.1 Å². The fraction of sp³-hybridized carbons (Fsp3) is 0.600. The monoisotopic (exact) mass is 346 g/mol. The molecule has 0 heterocycles. The minimum atomic E-state index is -0.0673. The van der Waals surface area contributed by atoms with Crippen molar-refractivity contribution >= 4 is 11.9 Å². The highest BCUT2D eigenvalue weighted by Crippen LogP contribution is 2.22. The van der Waals surface area contributed by atoms with Gasteiger partial charge in [0.15, 0.2) is 5.96 Å². The Hall–Kier alpha value is -2.04. The van der Waals surface area contributed by atoms with E-state index in [-0.39, 0.29) is 11.3 Å². The zero-order valence-corrected chi connectivity index (χ0v) is 16.4. The van der Waals surface area contributed by atoms with Crippen LogP contribution >= 0.6 is 0 Å². The van der Waals surface area contributed by atoms with Crippen molar-refractivity contribution in [2.45, 2.75) is 53.0 Å².